The summed E-state index contributed by atoms with van der Waals surface area (Å²) in [5.41, 5.74) is 0. The van der Waals surface area contributed by atoms with Gasteiger partial charge in [-0.3, -0.25) is 0 Å². The molecule has 0 rings (SSSR count). The van der Waals surface area contributed by atoms with Crippen LogP contribution < -0.4 is 5.32 Å². The van der Waals surface area contributed by atoms with E-state index >= 15 is 0 Å². The summed E-state index contributed by atoms with van der Waals surface area (Å²) in [7, 11) is 1.78. The first-order valence-corrected chi connectivity index (χ1v) is 6.34. The van der Waals surface area contributed by atoms with E-state index in [2.05, 4.69) is 33.0 Å². The van der Waals surface area contributed by atoms with Crippen molar-refractivity contribution in [2.75, 3.05) is 20.3 Å². The molecule has 2 nitrogen and oxygen atoms in total. The zero-order chi connectivity index (χ0) is 11.7. The van der Waals surface area contributed by atoms with Gasteiger partial charge in [0.25, 0.3) is 0 Å². The number of nitrogens with one attached hydrogen (secondary N) is 1. The third-order valence-electron chi connectivity index (χ3n) is 3.22. The molecular formula is C13H29NO. The molecule has 0 aromatic carbocycles. The van der Waals surface area contributed by atoms with Crippen molar-refractivity contribution >= 4 is 0 Å². The van der Waals surface area contributed by atoms with Gasteiger partial charge in [-0.1, -0.05) is 20.8 Å². The van der Waals surface area contributed by atoms with Gasteiger partial charge in [-0.05, 0) is 44.6 Å². The summed E-state index contributed by atoms with van der Waals surface area (Å²) >= 11 is 0. The van der Waals surface area contributed by atoms with Gasteiger partial charge in [0.15, 0.2) is 0 Å². The van der Waals surface area contributed by atoms with Crippen LogP contribution in [0.2, 0.25) is 0 Å². The van der Waals surface area contributed by atoms with Crippen molar-refractivity contribution in [1.29, 1.82) is 0 Å². The molecule has 0 amide bonds. The molecular weight excluding hydrogens is 186 g/mol. The van der Waals surface area contributed by atoms with Gasteiger partial charge in [0.1, 0.15) is 0 Å². The lowest BCUT2D eigenvalue weighted by atomic mass is 9.88. The molecule has 0 aliphatic rings. The molecule has 0 aliphatic carbocycles. The second-order valence-electron chi connectivity index (χ2n) is 4.83. The Morgan fingerprint density at radius 1 is 1.13 bits per heavy atom. The van der Waals surface area contributed by atoms with Crippen molar-refractivity contribution in [3.05, 3.63) is 0 Å². The average molecular weight is 215 g/mol. The second-order valence-corrected chi connectivity index (χ2v) is 4.83. The van der Waals surface area contributed by atoms with Crippen LogP contribution in [-0.2, 0) is 4.74 Å². The van der Waals surface area contributed by atoms with E-state index in [0.29, 0.717) is 6.04 Å². The molecule has 3 unspecified atom stereocenters. The normalized spacial score (nSPS) is 17.4. The Morgan fingerprint density at radius 2 is 1.80 bits per heavy atom. The lowest BCUT2D eigenvalue weighted by molar-refractivity contribution is 0.163. The van der Waals surface area contributed by atoms with Gasteiger partial charge in [-0.25, -0.2) is 0 Å². The van der Waals surface area contributed by atoms with E-state index in [-0.39, 0.29) is 0 Å². The quantitative estimate of drug-likeness (QED) is 0.638. The summed E-state index contributed by atoms with van der Waals surface area (Å²) in [5, 5.41) is 3.54. The van der Waals surface area contributed by atoms with Crippen LogP contribution in [0.25, 0.3) is 0 Å². The first kappa shape index (κ1) is 14.9. The predicted octanol–water partition coefficient (Wildman–Crippen LogP) is 3.07. The van der Waals surface area contributed by atoms with Crippen LogP contribution in [0.3, 0.4) is 0 Å². The van der Waals surface area contributed by atoms with Gasteiger partial charge in [-0.2, -0.15) is 0 Å². The van der Waals surface area contributed by atoms with E-state index in [1.165, 1.54) is 19.3 Å². The Labute approximate surface area is 95.8 Å². The minimum Gasteiger partial charge on any atom is -0.385 e. The number of rotatable bonds is 9. The smallest absolute Gasteiger partial charge is 0.0464 e. The topological polar surface area (TPSA) is 21.3 Å². The van der Waals surface area contributed by atoms with E-state index in [0.717, 1.165) is 25.0 Å². The van der Waals surface area contributed by atoms with Gasteiger partial charge in [-0.15, -0.1) is 0 Å². The second kappa shape index (κ2) is 9.17. The number of methoxy groups -OCH3 is 1. The van der Waals surface area contributed by atoms with Crippen LogP contribution in [-0.4, -0.2) is 26.3 Å². The monoisotopic (exact) mass is 215 g/mol. The predicted molar refractivity (Wildman–Crippen MR) is 67.2 cm³/mol. The van der Waals surface area contributed by atoms with E-state index in [1.807, 2.05) is 0 Å². The van der Waals surface area contributed by atoms with Crippen molar-refractivity contribution in [3.63, 3.8) is 0 Å². The van der Waals surface area contributed by atoms with Gasteiger partial charge >= 0.3 is 0 Å². The van der Waals surface area contributed by atoms with Crippen molar-refractivity contribution in [1.82, 2.24) is 5.32 Å². The largest absolute Gasteiger partial charge is 0.385 e. The first-order valence-electron chi connectivity index (χ1n) is 6.34. The maximum Gasteiger partial charge on any atom is 0.0464 e. The van der Waals surface area contributed by atoms with Gasteiger partial charge < -0.3 is 10.1 Å². The van der Waals surface area contributed by atoms with Gasteiger partial charge in [0.05, 0.1) is 0 Å². The minimum atomic E-state index is 0.643. The Bertz CT molecular complexity index is 138. The maximum atomic E-state index is 5.12. The van der Waals surface area contributed by atoms with Gasteiger partial charge in [0.2, 0.25) is 0 Å². The summed E-state index contributed by atoms with van der Waals surface area (Å²) in [6.45, 7) is 11.2. The van der Waals surface area contributed by atoms with Crippen molar-refractivity contribution in [2.45, 2.75) is 53.0 Å². The summed E-state index contributed by atoms with van der Waals surface area (Å²) < 4.78 is 5.12. The molecule has 0 fully saturated rings. The zero-order valence-electron chi connectivity index (χ0n) is 11.2. The van der Waals surface area contributed by atoms with Crippen LogP contribution in [0.4, 0.5) is 0 Å². The lowest BCUT2D eigenvalue weighted by Gasteiger charge is -2.23. The van der Waals surface area contributed by atoms with E-state index in [1.54, 1.807) is 7.11 Å². The SMILES string of the molecule is CCCNC(C)CC(C)C(C)CCOC. The molecule has 92 valence electrons. The number of hydrogen-bond acceptors (Lipinski definition) is 2. The van der Waals surface area contributed by atoms with Crippen LogP contribution in [0, 0.1) is 11.8 Å². The zero-order valence-corrected chi connectivity index (χ0v) is 11.2. The molecule has 0 radical (unpaired) electrons. The molecule has 0 aromatic heterocycles. The molecule has 1 N–H and O–H groups in total. The molecule has 0 bridgehead atoms. The molecule has 0 aromatic rings. The molecule has 2 heteroatoms. The summed E-state index contributed by atoms with van der Waals surface area (Å²) in [6.07, 6.45) is 3.67. The van der Waals surface area contributed by atoms with Gasteiger partial charge in [0, 0.05) is 19.8 Å². The third-order valence-corrected chi connectivity index (χ3v) is 3.22. The minimum absolute atomic E-state index is 0.643. The number of ether oxygens (including phenoxy) is 1. The Morgan fingerprint density at radius 3 is 2.33 bits per heavy atom. The highest BCUT2D eigenvalue weighted by atomic mass is 16.5. The lowest BCUT2D eigenvalue weighted by Crippen LogP contribution is -2.30. The standard InChI is InChI=1S/C13H29NO/c1-6-8-14-13(4)10-12(3)11(2)7-9-15-5/h11-14H,6-10H2,1-5H3. The Hall–Kier alpha value is -0.0800. The highest BCUT2D eigenvalue weighted by Gasteiger charge is 2.14. The van der Waals surface area contributed by atoms with Crippen LogP contribution in [0.1, 0.15) is 47.0 Å². The van der Waals surface area contributed by atoms with Crippen LogP contribution in [0.15, 0.2) is 0 Å². The fraction of sp³-hybridized carbons (Fsp3) is 1.00. The molecule has 0 heterocycles. The van der Waals surface area contributed by atoms with Crippen molar-refractivity contribution in [2.24, 2.45) is 11.8 Å². The highest BCUT2D eigenvalue weighted by molar-refractivity contribution is 4.69. The van der Waals surface area contributed by atoms with E-state index < -0.39 is 0 Å². The van der Waals surface area contributed by atoms with Crippen LogP contribution >= 0.6 is 0 Å². The molecule has 3 atom stereocenters. The average Bonchev–Trinajstić information content (AvgIpc) is 2.22. The molecule has 15 heavy (non-hydrogen) atoms. The highest BCUT2D eigenvalue weighted by Crippen LogP contribution is 2.19. The molecule has 0 saturated heterocycles. The van der Waals surface area contributed by atoms with Crippen LogP contribution in [0.5, 0.6) is 0 Å². The summed E-state index contributed by atoms with van der Waals surface area (Å²) in [4.78, 5) is 0. The third kappa shape index (κ3) is 7.80. The maximum absolute atomic E-state index is 5.12. The first-order chi connectivity index (χ1) is 7.11. The number of hydrogen-bond donors (Lipinski definition) is 1. The van der Waals surface area contributed by atoms with Crippen molar-refractivity contribution < 1.29 is 4.74 Å². The summed E-state index contributed by atoms with van der Waals surface area (Å²) in [6, 6.07) is 0.643. The Kier molecular flexibility index (Phi) is 9.12. The fourth-order valence-electron chi connectivity index (χ4n) is 1.85. The van der Waals surface area contributed by atoms with E-state index in [9.17, 15) is 0 Å². The van der Waals surface area contributed by atoms with E-state index in [4.69, 9.17) is 4.74 Å². The molecule has 0 saturated carbocycles. The van der Waals surface area contributed by atoms with Crippen molar-refractivity contribution in [3.8, 4) is 0 Å². The Balaban J connectivity index is 3.64. The summed E-state index contributed by atoms with van der Waals surface area (Å²) in [5.74, 6) is 1.54. The molecule has 0 spiro atoms. The molecule has 0 aliphatic heterocycles. The fourth-order valence-corrected chi connectivity index (χ4v) is 1.85.